The largest absolute Gasteiger partial charge is 0.482 e. The molecule has 140 valence electrons. The summed E-state index contributed by atoms with van der Waals surface area (Å²) >= 11 is 6.98. The van der Waals surface area contributed by atoms with Crippen LogP contribution in [-0.4, -0.2) is 21.9 Å². The van der Waals surface area contributed by atoms with Crippen molar-refractivity contribution in [2.75, 3.05) is 11.1 Å². The number of hydrogen-bond acceptors (Lipinski definition) is 6. The van der Waals surface area contributed by atoms with Crippen LogP contribution >= 0.6 is 23.4 Å². The molecule has 0 spiro atoms. The van der Waals surface area contributed by atoms with E-state index in [2.05, 4.69) is 15.5 Å². The number of ether oxygens (including phenoxy) is 1. The first-order valence-electron chi connectivity index (χ1n) is 7.58. The molecule has 0 aliphatic heterocycles. The van der Waals surface area contributed by atoms with Crippen molar-refractivity contribution in [3.8, 4) is 5.75 Å². The molecule has 0 saturated carbocycles. The van der Waals surface area contributed by atoms with Crippen molar-refractivity contribution in [1.29, 1.82) is 0 Å². The number of halogens is 3. The van der Waals surface area contributed by atoms with Crippen LogP contribution in [0.3, 0.4) is 0 Å². The van der Waals surface area contributed by atoms with Gasteiger partial charge in [0.2, 0.25) is 5.91 Å². The number of amides is 1. The SMILES string of the molecule is O=C(CSc1nnc(COc2ccccc2Cl)o1)Nc1ccc(F)c(F)c1. The Morgan fingerprint density at radius 1 is 1.19 bits per heavy atom. The molecule has 0 aliphatic rings. The number of aromatic nitrogens is 2. The van der Waals surface area contributed by atoms with Gasteiger partial charge in [0.15, 0.2) is 18.2 Å². The first-order chi connectivity index (χ1) is 13.0. The zero-order chi connectivity index (χ0) is 19.2. The number of benzene rings is 2. The Hall–Kier alpha value is -2.65. The standard InChI is InChI=1S/C17H12ClF2N3O3S/c18-11-3-1-2-4-14(11)25-8-16-22-23-17(26-16)27-9-15(24)21-10-5-6-12(19)13(20)7-10/h1-7H,8-9H2,(H,21,24). The Bertz CT molecular complexity index is 955. The lowest BCUT2D eigenvalue weighted by Crippen LogP contribution is -2.14. The Labute approximate surface area is 161 Å². The number of thioether (sulfide) groups is 1. The van der Waals surface area contributed by atoms with E-state index in [1.54, 1.807) is 24.3 Å². The maximum absolute atomic E-state index is 13.1. The fraction of sp³-hybridized carbons (Fsp3) is 0.118. The smallest absolute Gasteiger partial charge is 0.277 e. The second kappa shape index (κ2) is 8.83. The van der Waals surface area contributed by atoms with Crippen LogP contribution in [0.2, 0.25) is 5.02 Å². The van der Waals surface area contributed by atoms with E-state index in [1.165, 1.54) is 6.07 Å². The second-order valence-electron chi connectivity index (χ2n) is 5.15. The van der Waals surface area contributed by atoms with E-state index < -0.39 is 17.5 Å². The van der Waals surface area contributed by atoms with Crippen molar-refractivity contribution in [2.24, 2.45) is 0 Å². The number of hydrogen-bond donors (Lipinski definition) is 1. The van der Waals surface area contributed by atoms with Crippen molar-refractivity contribution < 1.29 is 22.7 Å². The van der Waals surface area contributed by atoms with Crippen LogP contribution in [0, 0.1) is 11.6 Å². The molecule has 0 atom stereocenters. The van der Waals surface area contributed by atoms with Crippen LogP contribution in [0.5, 0.6) is 5.75 Å². The summed E-state index contributed by atoms with van der Waals surface area (Å²) in [5.74, 6) is -1.80. The van der Waals surface area contributed by atoms with Gasteiger partial charge in [0, 0.05) is 11.8 Å². The molecular formula is C17H12ClF2N3O3S. The molecule has 0 unspecified atom stereocenters. The maximum Gasteiger partial charge on any atom is 0.277 e. The lowest BCUT2D eigenvalue weighted by Gasteiger charge is -2.04. The molecule has 3 rings (SSSR count). The van der Waals surface area contributed by atoms with Gasteiger partial charge in [-0.05, 0) is 24.3 Å². The van der Waals surface area contributed by atoms with Crippen molar-refractivity contribution in [2.45, 2.75) is 11.8 Å². The van der Waals surface area contributed by atoms with Gasteiger partial charge in [0.25, 0.3) is 11.1 Å². The molecule has 6 nitrogen and oxygen atoms in total. The third-order valence-corrected chi connectivity index (χ3v) is 4.30. The van der Waals surface area contributed by atoms with Crippen molar-refractivity contribution >= 4 is 35.0 Å². The first-order valence-corrected chi connectivity index (χ1v) is 8.95. The van der Waals surface area contributed by atoms with E-state index in [0.717, 1.165) is 23.9 Å². The second-order valence-corrected chi connectivity index (χ2v) is 6.48. The van der Waals surface area contributed by atoms with Gasteiger partial charge in [-0.3, -0.25) is 4.79 Å². The summed E-state index contributed by atoms with van der Waals surface area (Å²) in [7, 11) is 0. The molecule has 0 fully saturated rings. The van der Waals surface area contributed by atoms with Gasteiger partial charge in [-0.25, -0.2) is 8.78 Å². The van der Waals surface area contributed by atoms with E-state index in [4.69, 9.17) is 20.8 Å². The average Bonchev–Trinajstić information content (AvgIpc) is 3.10. The normalized spacial score (nSPS) is 10.6. The molecule has 10 heteroatoms. The van der Waals surface area contributed by atoms with Crippen LogP contribution in [0.4, 0.5) is 14.5 Å². The monoisotopic (exact) mass is 411 g/mol. The molecular weight excluding hydrogens is 400 g/mol. The summed E-state index contributed by atoms with van der Waals surface area (Å²) in [5.41, 5.74) is 0.152. The fourth-order valence-electron chi connectivity index (χ4n) is 1.95. The highest BCUT2D eigenvalue weighted by molar-refractivity contribution is 7.99. The Morgan fingerprint density at radius 3 is 2.78 bits per heavy atom. The number of nitrogens with one attached hydrogen (secondary N) is 1. The summed E-state index contributed by atoms with van der Waals surface area (Å²) in [6, 6.07) is 10.0. The topological polar surface area (TPSA) is 77.2 Å². The van der Waals surface area contributed by atoms with Crippen LogP contribution in [0.15, 0.2) is 52.1 Å². The number of carbonyl (C=O) groups is 1. The summed E-state index contributed by atoms with van der Waals surface area (Å²) in [6.07, 6.45) is 0. The molecule has 1 aromatic heterocycles. The van der Waals surface area contributed by atoms with Crippen LogP contribution < -0.4 is 10.1 Å². The maximum atomic E-state index is 13.1. The van der Waals surface area contributed by atoms with Gasteiger partial charge in [0.1, 0.15) is 5.75 Å². The zero-order valence-corrected chi connectivity index (χ0v) is 15.2. The lowest BCUT2D eigenvalue weighted by atomic mass is 10.3. The Balaban J connectivity index is 1.48. The number of anilines is 1. The molecule has 2 aromatic carbocycles. The van der Waals surface area contributed by atoms with Gasteiger partial charge in [-0.1, -0.05) is 35.5 Å². The minimum absolute atomic E-state index is 0.0261. The molecule has 0 aliphatic carbocycles. The van der Waals surface area contributed by atoms with Crippen molar-refractivity contribution in [1.82, 2.24) is 10.2 Å². The molecule has 1 N–H and O–H groups in total. The van der Waals surface area contributed by atoms with E-state index in [-0.39, 0.29) is 29.2 Å². The molecule has 3 aromatic rings. The quantitative estimate of drug-likeness (QED) is 0.584. The van der Waals surface area contributed by atoms with E-state index in [9.17, 15) is 13.6 Å². The predicted molar refractivity (Wildman–Crippen MR) is 95.8 cm³/mol. The molecule has 27 heavy (non-hydrogen) atoms. The lowest BCUT2D eigenvalue weighted by molar-refractivity contribution is -0.113. The number of carbonyl (C=O) groups excluding carboxylic acids is 1. The minimum atomic E-state index is -1.04. The number of rotatable bonds is 7. The van der Waals surface area contributed by atoms with Crippen LogP contribution in [0.25, 0.3) is 0 Å². The third kappa shape index (κ3) is 5.41. The molecule has 0 bridgehead atoms. The first kappa shape index (κ1) is 19.1. The van der Waals surface area contributed by atoms with Gasteiger partial charge in [-0.15, -0.1) is 10.2 Å². The van der Waals surface area contributed by atoms with E-state index >= 15 is 0 Å². The zero-order valence-electron chi connectivity index (χ0n) is 13.6. The van der Waals surface area contributed by atoms with Gasteiger partial charge in [-0.2, -0.15) is 0 Å². The number of para-hydroxylation sites is 1. The van der Waals surface area contributed by atoms with Crippen LogP contribution in [0.1, 0.15) is 5.89 Å². The van der Waals surface area contributed by atoms with Gasteiger partial charge >= 0.3 is 0 Å². The van der Waals surface area contributed by atoms with E-state index in [1.807, 2.05) is 0 Å². The highest BCUT2D eigenvalue weighted by atomic mass is 35.5. The summed E-state index contributed by atoms with van der Waals surface area (Å²) in [6.45, 7) is 0.0261. The van der Waals surface area contributed by atoms with Gasteiger partial charge < -0.3 is 14.5 Å². The Kier molecular flexibility index (Phi) is 6.25. The van der Waals surface area contributed by atoms with Crippen LogP contribution in [-0.2, 0) is 11.4 Å². The predicted octanol–water partition coefficient (Wildman–Crippen LogP) is 4.31. The molecule has 0 radical (unpaired) electrons. The molecule has 0 saturated heterocycles. The Morgan fingerprint density at radius 2 is 2.00 bits per heavy atom. The summed E-state index contributed by atoms with van der Waals surface area (Å²) < 4.78 is 36.8. The fourth-order valence-corrected chi connectivity index (χ4v) is 2.73. The highest BCUT2D eigenvalue weighted by Gasteiger charge is 2.12. The molecule has 1 amide bonds. The summed E-state index contributed by atoms with van der Waals surface area (Å²) in [4.78, 5) is 11.9. The van der Waals surface area contributed by atoms with E-state index in [0.29, 0.717) is 10.8 Å². The highest BCUT2D eigenvalue weighted by Crippen LogP contribution is 2.24. The third-order valence-electron chi connectivity index (χ3n) is 3.17. The summed E-state index contributed by atoms with van der Waals surface area (Å²) in [5, 5.41) is 10.7. The number of nitrogens with zero attached hydrogens (tertiary/aromatic N) is 2. The minimum Gasteiger partial charge on any atom is -0.482 e. The van der Waals surface area contributed by atoms with Crippen molar-refractivity contribution in [3.05, 3.63) is 65.0 Å². The van der Waals surface area contributed by atoms with Crippen molar-refractivity contribution in [3.63, 3.8) is 0 Å². The molecule has 1 heterocycles. The van der Waals surface area contributed by atoms with Gasteiger partial charge in [0.05, 0.1) is 10.8 Å². The average molecular weight is 412 g/mol.